The van der Waals surface area contributed by atoms with Gasteiger partial charge < -0.3 is 23.8 Å². The van der Waals surface area contributed by atoms with Crippen LogP contribution in [0.2, 0.25) is 36.3 Å². The van der Waals surface area contributed by atoms with Gasteiger partial charge in [-0.3, -0.25) is 0 Å². The van der Waals surface area contributed by atoms with Crippen LogP contribution in [0, 0.1) is 0 Å². The largest absolute Gasteiger partial charge is 0.414 e. The van der Waals surface area contributed by atoms with Crippen molar-refractivity contribution in [1.82, 2.24) is 0 Å². The van der Waals surface area contributed by atoms with Gasteiger partial charge in [-0.1, -0.05) is 46.7 Å². The summed E-state index contributed by atoms with van der Waals surface area (Å²) in [6.45, 7) is 21.2. The second-order valence-corrected chi connectivity index (χ2v) is 20.2. The Morgan fingerprint density at radius 2 is 1.46 bits per heavy atom. The van der Waals surface area contributed by atoms with Gasteiger partial charge in [-0.2, -0.15) is 0 Å². The maximum Gasteiger partial charge on any atom is 0.195 e. The lowest BCUT2D eigenvalue weighted by Crippen LogP contribution is -2.61. The Balaban J connectivity index is 3.06. The first-order chi connectivity index (χ1) is 12.4. The van der Waals surface area contributed by atoms with E-state index < -0.39 is 47.3 Å². The molecule has 0 bridgehead atoms. The van der Waals surface area contributed by atoms with Gasteiger partial charge in [-0.05, 0) is 41.8 Å². The van der Waals surface area contributed by atoms with E-state index >= 15 is 0 Å². The van der Waals surface area contributed by atoms with Gasteiger partial charge in [0.1, 0.15) is 18.2 Å². The van der Waals surface area contributed by atoms with E-state index in [4.69, 9.17) is 19.1 Å². The molecule has 2 N–H and O–H groups in total. The van der Waals surface area contributed by atoms with Crippen LogP contribution in [-0.2, 0) is 13.6 Å². The minimum atomic E-state index is -2.27. The lowest BCUT2D eigenvalue weighted by atomic mass is 9.98. The highest BCUT2D eigenvalue weighted by molar-refractivity contribution is 6.74. The van der Waals surface area contributed by atoms with Gasteiger partial charge in [0.2, 0.25) is 0 Å². The fraction of sp³-hybridized carbons (Fsp3) is 1.00. The number of rotatable bonds is 6. The van der Waals surface area contributed by atoms with Gasteiger partial charge in [0.15, 0.2) is 22.9 Å². The molecule has 0 aromatic carbocycles. The molecule has 1 aliphatic rings. The number of hydrogen-bond acceptors (Lipinski definition) is 6. The first kappa shape index (κ1) is 25.6. The first-order valence-electron chi connectivity index (χ1n) is 9.82. The molecule has 1 rings (SSSR count). The van der Waals surface area contributed by atoms with Crippen LogP contribution in [0.4, 0.5) is 0 Å². The highest BCUT2D eigenvalue weighted by Crippen LogP contribution is 2.40. The molecular formula is C18H39N3O5Si2. The SMILES string of the molecule is CC(C)(C)[Si](C)(C)OC[C@@H]1O[C@@H](O[Si](C)(C)C(C)(C)C)[C@H](N=[N+]=[N-])[C@H](O)[C@H]1O. The summed E-state index contributed by atoms with van der Waals surface area (Å²) in [4.78, 5) is 2.81. The molecule has 5 atom stereocenters. The summed E-state index contributed by atoms with van der Waals surface area (Å²) in [7, 11) is -4.33. The Morgan fingerprint density at radius 3 is 1.89 bits per heavy atom. The van der Waals surface area contributed by atoms with Gasteiger partial charge in [0, 0.05) is 4.91 Å². The molecule has 0 radical (unpaired) electrons. The lowest BCUT2D eigenvalue weighted by molar-refractivity contribution is -0.241. The summed E-state index contributed by atoms with van der Waals surface area (Å²) in [5.41, 5.74) is 8.91. The summed E-state index contributed by atoms with van der Waals surface area (Å²) in [6.07, 6.45) is -4.20. The quantitative estimate of drug-likeness (QED) is 0.282. The summed E-state index contributed by atoms with van der Waals surface area (Å²) in [5, 5.41) is 24.7. The van der Waals surface area contributed by atoms with Crippen molar-refractivity contribution >= 4 is 16.6 Å². The van der Waals surface area contributed by atoms with E-state index in [0.29, 0.717) is 0 Å². The second-order valence-electron chi connectivity index (χ2n) is 10.7. The fourth-order valence-corrected chi connectivity index (χ4v) is 4.45. The molecule has 1 fully saturated rings. The molecule has 0 spiro atoms. The van der Waals surface area contributed by atoms with Gasteiger partial charge in [-0.25, -0.2) is 0 Å². The zero-order chi connectivity index (χ0) is 22.1. The van der Waals surface area contributed by atoms with Crippen LogP contribution < -0.4 is 0 Å². The molecule has 1 saturated heterocycles. The fourth-order valence-electron chi connectivity index (χ4n) is 2.31. The molecule has 164 valence electrons. The van der Waals surface area contributed by atoms with Crippen LogP contribution in [0.15, 0.2) is 5.11 Å². The Hall–Kier alpha value is -0.456. The molecule has 1 heterocycles. The van der Waals surface area contributed by atoms with Crippen molar-refractivity contribution in [3.05, 3.63) is 10.4 Å². The minimum absolute atomic E-state index is 0.00983. The van der Waals surface area contributed by atoms with Crippen LogP contribution in [-0.4, -0.2) is 64.1 Å². The van der Waals surface area contributed by atoms with Gasteiger partial charge in [0.05, 0.1) is 12.7 Å². The van der Waals surface area contributed by atoms with Gasteiger partial charge in [-0.15, -0.1) is 0 Å². The lowest BCUT2D eigenvalue weighted by Gasteiger charge is -2.47. The normalized spacial score (nSPS) is 30.1. The van der Waals surface area contributed by atoms with E-state index in [0.717, 1.165) is 0 Å². The average Bonchev–Trinajstić information content (AvgIpc) is 2.50. The van der Waals surface area contributed by atoms with E-state index in [9.17, 15) is 10.2 Å². The van der Waals surface area contributed by atoms with Crippen LogP contribution in [0.3, 0.4) is 0 Å². The van der Waals surface area contributed by atoms with Crippen molar-refractivity contribution in [2.45, 2.75) is 108 Å². The summed E-state index contributed by atoms with van der Waals surface area (Å²) >= 11 is 0. The molecule has 0 aliphatic carbocycles. The zero-order valence-corrected chi connectivity index (χ0v) is 21.1. The average molecular weight is 434 g/mol. The third-order valence-corrected chi connectivity index (χ3v) is 15.4. The highest BCUT2D eigenvalue weighted by Gasteiger charge is 2.49. The summed E-state index contributed by atoms with van der Waals surface area (Å²) in [6, 6.07) is -1.02. The Labute approximate surface area is 171 Å². The van der Waals surface area contributed by atoms with E-state index in [1.807, 2.05) is 0 Å². The molecule has 0 amide bonds. The van der Waals surface area contributed by atoms with Crippen molar-refractivity contribution in [3.8, 4) is 0 Å². The smallest absolute Gasteiger partial charge is 0.195 e. The molecule has 0 saturated carbocycles. The van der Waals surface area contributed by atoms with Crippen molar-refractivity contribution in [1.29, 1.82) is 0 Å². The molecular weight excluding hydrogens is 394 g/mol. The molecule has 10 heteroatoms. The standard InChI is InChI=1S/C18H39N3O5Si2/c1-17(2,3)27(7,8)24-11-12-14(22)15(23)13(20-21-19)16(25-12)26-28(9,10)18(4,5)6/h12-16,22-23H,11H2,1-10H3/t12-,13+,14-,15-,16-/m0/s1. The van der Waals surface area contributed by atoms with E-state index in [1.165, 1.54) is 0 Å². The third kappa shape index (κ3) is 5.79. The molecule has 8 nitrogen and oxygen atoms in total. The summed E-state index contributed by atoms with van der Waals surface area (Å²) in [5.74, 6) is 0. The Kier molecular flexibility index (Phi) is 7.97. The van der Waals surface area contributed by atoms with Crippen LogP contribution in [0.1, 0.15) is 41.5 Å². The van der Waals surface area contributed by atoms with Crippen LogP contribution in [0.25, 0.3) is 10.4 Å². The molecule has 1 aliphatic heterocycles. The highest BCUT2D eigenvalue weighted by atomic mass is 28.4. The number of ether oxygens (including phenoxy) is 1. The predicted molar refractivity (Wildman–Crippen MR) is 115 cm³/mol. The van der Waals surface area contributed by atoms with E-state index in [1.54, 1.807) is 0 Å². The maximum atomic E-state index is 10.6. The van der Waals surface area contributed by atoms with Crippen molar-refractivity contribution < 1.29 is 23.8 Å². The predicted octanol–water partition coefficient (Wildman–Crippen LogP) is 4.16. The van der Waals surface area contributed by atoms with Crippen LogP contribution in [0.5, 0.6) is 0 Å². The minimum Gasteiger partial charge on any atom is -0.414 e. The number of aliphatic hydroxyl groups excluding tert-OH is 2. The van der Waals surface area contributed by atoms with Crippen molar-refractivity contribution in [2.75, 3.05) is 6.61 Å². The third-order valence-electron chi connectivity index (χ3n) is 6.49. The van der Waals surface area contributed by atoms with Crippen molar-refractivity contribution in [2.24, 2.45) is 5.11 Å². The monoisotopic (exact) mass is 433 g/mol. The maximum absolute atomic E-state index is 10.6. The summed E-state index contributed by atoms with van der Waals surface area (Å²) < 4.78 is 18.5. The van der Waals surface area contributed by atoms with Gasteiger partial charge >= 0.3 is 0 Å². The Bertz CT molecular complexity index is 583. The molecule has 0 aromatic heterocycles. The van der Waals surface area contributed by atoms with Crippen molar-refractivity contribution in [3.63, 3.8) is 0 Å². The molecule has 28 heavy (non-hydrogen) atoms. The van der Waals surface area contributed by atoms with Gasteiger partial charge in [0.25, 0.3) is 0 Å². The number of hydrogen-bond donors (Lipinski definition) is 2. The first-order valence-corrected chi connectivity index (χ1v) is 15.6. The Morgan fingerprint density at radius 1 is 0.964 bits per heavy atom. The number of nitrogens with zero attached hydrogens (tertiary/aromatic N) is 3. The van der Waals surface area contributed by atoms with E-state index in [-0.39, 0.29) is 16.7 Å². The number of azide groups is 1. The number of aliphatic hydroxyl groups is 2. The topological polar surface area (TPSA) is 117 Å². The van der Waals surface area contributed by atoms with Crippen LogP contribution >= 0.6 is 0 Å². The second kappa shape index (κ2) is 8.73. The van der Waals surface area contributed by atoms with E-state index in [2.05, 4.69) is 77.8 Å². The zero-order valence-electron chi connectivity index (χ0n) is 19.1. The molecule has 0 aromatic rings. The molecule has 0 unspecified atom stereocenters.